The summed E-state index contributed by atoms with van der Waals surface area (Å²) in [6, 6.07) is 56.8. The van der Waals surface area contributed by atoms with Gasteiger partial charge >= 0.3 is 0 Å². The van der Waals surface area contributed by atoms with Crippen LogP contribution in [0.25, 0.3) is 61.0 Å². The molecular weight excluding hydrogens is 615 g/mol. The summed E-state index contributed by atoms with van der Waals surface area (Å²) in [5.41, 5.74) is 19.4. The van der Waals surface area contributed by atoms with Gasteiger partial charge < -0.3 is 20.9 Å². The van der Waals surface area contributed by atoms with Crippen LogP contribution in [0.3, 0.4) is 0 Å². The van der Waals surface area contributed by atoms with Crippen molar-refractivity contribution in [1.29, 1.82) is 0 Å². The second kappa shape index (κ2) is 11.0. The van der Waals surface area contributed by atoms with E-state index in [-0.39, 0.29) is 0 Å². The summed E-state index contributed by atoms with van der Waals surface area (Å²) in [5, 5.41) is 9.52. The first-order valence-corrected chi connectivity index (χ1v) is 16.7. The number of hydrogen-bond acceptors (Lipinski definition) is 4. The molecule has 0 aliphatic rings. The number of benzene rings is 7. The van der Waals surface area contributed by atoms with Gasteiger partial charge in [0.15, 0.2) is 0 Å². The van der Waals surface area contributed by atoms with Gasteiger partial charge in [0.2, 0.25) is 5.78 Å². The lowest BCUT2D eigenvalue weighted by molar-refractivity contribution is 1.11. The molecular formula is C43H31N7. The molecule has 7 heteroatoms. The lowest BCUT2D eigenvalue weighted by atomic mass is 10.1. The Bertz CT molecular complexity index is 2910. The summed E-state index contributed by atoms with van der Waals surface area (Å²) < 4.78 is 6.89. The van der Waals surface area contributed by atoms with Crippen LogP contribution in [0, 0.1) is 0 Å². The number of nitrogens with two attached hydrogens (primary N) is 1. The smallest absolute Gasteiger partial charge is 0.220 e. The molecule has 3 aromatic heterocycles. The van der Waals surface area contributed by atoms with Crippen LogP contribution in [0.5, 0.6) is 0 Å². The monoisotopic (exact) mass is 645 g/mol. The molecule has 10 rings (SSSR count). The number of para-hydroxylation sites is 9. The van der Waals surface area contributed by atoms with Crippen LogP contribution in [0.1, 0.15) is 0 Å². The van der Waals surface area contributed by atoms with E-state index in [0.29, 0.717) is 5.69 Å². The molecule has 7 nitrogen and oxygen atoms in total. The summed E-state index contributed by atoms with van der Waals surface area (Å²) in [4.78, 5) is 5.10. The summed E-state index contributed by atoms with van der Waals surface area (Å²) in [6.45, 7) is 0. The molecule has 0 radical (unpaired) electrons. The van der Waals surface area contributed by atoms with Gasteiger partial charge in [-0.3, -0.25) is 8.97 Å². The molecule has 7 aromatic carbocycles. The number of nitrogens with zero attached hydrogens (tertiary/aromatic N) is 4. The largest absolute Gasteiger partial charge is 0.397 e. The molecule has 50 heavy (non-hydrogen) atoms. The molecule has 0 aliphatic carbocycles. The van der Waals surface area contributed by atoms with Crippen LogP contribution in [0.4, 0.5) is 28.4 Å². The zero-order chi connectivity index (χ0) is 33.2. The van der Waals surface area contributed by atoms with Gasteiger partial charge in [0.05, 0.1) is 55.8 Å². The number of rotatable bonds is 6. The Morgan fingerprint density at radius 2 is 1.08 bits per heavy atom. The van der Waals surface area contributed by atoms with E-state index in [1.54, 1.807) is 0 Å². The first kappa shape index (κ1) is 28.1. The summed E-state index contributed by atoms with van der Waals surface area (Å²) in [5.74, 6) is 0.902. The van der Waals surface area contributed by atoms with E-state index < -0.39 is 0 Å². The van der Waals surface area contributed by atoms with Crippen molar-refractivity contribution in [3.05, 3.63) is 164 Å². The average Bonchev–Trinajstić information content (AvgIpc) is 3.80. The second-order valence-electron chi connectivity index (χ2n) is 12.5. The Morgan fingerprint density at radius 3 is 1.92 bits per heavy atom. The molecule has 0 spiro atoms. The fourth-order valence-corrected chi connectivity index (χ4v) is 7.32. The molecule has 0 amide bonds. The van der Waals surface area contributed by atoms with Crippen molar-refractivity contribution in [3.63, 3.8) is 0 Å². The van der Waals surface area contributed by atoms with Crippen molar-refractivity contribution in [3.8, 4) is 11.4 Å². The number of anilines is 5. The number of aromatic nitrogens is 4. The van der Waals surface area contributed by atoms with Gasteiger partial charge in [0.1, 0.15) is 0 Å². The van der Waals surface area contributed by atoms with E-state index in [2.05, 4.69) is 145 Å². The van der Waals surface area contributed by atoms with Gasteiger partial charge in [0.25, 0.3) is 0 Å². The van der Waals surface area contributed by atoms with Crippen molar-refractivity contribution in [2.75, 3.05) is 16.4 Å². The van der Waals surface area contributed by atoms with Gasteiger partial charge in [-0.25, -0.2) is 4.98 Å². The highest BCUT2D eigenvalue weighted by molar-refractivity contribution is 6.10. The summed E-state index contributed by atoms with van der Waals surface area (Å²) in [7, 11) is 0. The number of imidazole rings is 2. The van der Waals surface area contributed by atoms with E-state index in [9.17, 15) is 0 Å². The third-order valence-electron chi connectivity index (χ3n) is 9.56. The molecule has 0 unspecified atom stereocenters. The van der Waals surface area contributed by atoms with Crippen LogP contribution in [0.15, 0.2) is 164 Å². The van der Waals surface area contributed by atoms with Gasteiger partial charge in [0, 0.05) is 27.8 Å². The number of nitrogens with one attached hydrogen (secondary N) is 2. The predicted octanol–water partition coefficient (Wildman–Crippen LogP) is 10.6. The van der Waals surface area contributed by atoms with Gasteiger partial charge in [-0.15, -0.1) is 0 Å². The molecule has 0 saturated carbocycles. The minimum atomic E-state index is 0.700. The summed E-state index contributed by atoms with van der Waals surface area (Å²) >= 11 is 0. The van der Waals surface area contributed by atoms with Crippen LogP contribution >= 0.6 is 0 Å². The first-order valence-electron chi connectivity index (χ1n) is 16.7. The highest BCUT2D eigenvalue weighted by Crippen LogP contribution is 2.37. The molecule has 238 valence electrons. The molecule has 0 fully saturated rings. The highest BCUT2D eigenvalue weighted by Gasteiger charge is 2.19. The first-order chi connectivity index (χ1) is 24.7. The van der Waals surface area contributed by atoms with E-state index in [4.69, 9.17) is 10.7 Å². The lowest BCUT2D eigenvalue weighted by Crippen LogP contribution is -2.00. The minimum absolute atomic E-state index is 0.700. The molecule has 0 aliphatic heterocycles. The van der Waals surface area contributed by atoms with Crippen molar-refractivity contribution < 1.29 is 0 Å². The third kappa shape index (κ3) is 4.34. The van der Waals surface area contributed by atoms with Gasteiger partial charge in [-0.05, 0) is 91.0 Å². The Labute approximate surface area is 287 Å². The molecule has 0 saturated heterocycles. The van der Waals surface area contributed by atoms with E-state index in [1.807, 2.05) is 42.5 Å². The topological polar surface area (TPSA) is 77.2 Å². The number of hydrogen-bond donors (Lipinski definition) is 3. The number of fused-ring (bicyclic) bond motifs is 8. The maximum absolute atomic E-state index is 6.25. The minimum Gasteiger partial charge on any atom is -0.397 e. The normalized spacial score (nSPS) is 11.7. The molecule has 10 aromatic rings. The summed E-state index contributed by atoms with van der Waals surface area (Å²) in [6.07, 6.45) is 0. The van der Waals surface area contributed by atoms with Crippen molar-refractivity contribution in [2.45, 2.75) is 0 Å². The lowest BCUT2D eigenvalue weighted by Gasteiger charge is -2.16. The predicted molar refractivity (Wildman–Crippen MR) is 208 cm³/mol. The molecule has 0 atom stereocenters. The van der Waals surface area contributed by atoms with Crippen LogP contribution < -0.4 is 16.4 Å². The quantitative estimate of drug-likeness (QED) is 0.157. The SMILES string of the molecule is Nc1ccccc1Nc1ccccc1Nc1cccc(-n2c3ccccc3c3cc(-n4c5ccccc5n5c6ccccc6nc45)ccc32)c1. The second-order valence-corrected chi connectivity index (χ2v) is 12.5. The fourth-order valence-electron chi connectivity index (χ4n) is 7.32. The van der Waals surface area contributed by atoms with Crippen molar-refractivity contribution in [1.82, 2.24) is 18.5 Å². The van der Waals surface area contributed by atoms with Crippen LogP contribution in [0.2, 0.25) is 0 Å². The Kier molecular flexibility index (Phi) is 6.19. The standard InChI is InChI=1S/C43H31N7/c44-33-15-2-3-16-34(33)46-36-18-5-4-17-35(36)45-28-12-11-13-29(26-28)48-38-20-7-1-14-31(38)32-27-30(24-25-39(32)48)49-41-22-9-10-23-42(41)50-40-21-8-6-19-37(40)47-43(49)50/h1-27,45-46H,44H2. The fraction of sp³-hybridized carbons (Fsp3) is 0. The van der Waals surface area contributed by atoms with Gasteiger partial charge in [-0.2, -0.15) is 0 Å². The molecule has 3 heterocycles. The van der Waals surface area contributed by atoms with Crippen molar-refractivity contribution in [2.24, 2.45) is 0 Å². The average molecular weight is 646 g/mol. The van der Waals surface area contributed by atoms with E-state index in [1.165, 1.54) is 10.8 Å². The maximum atomic E-state index is 6.25. The molecule has 4 N–H and O–H groups in total. The zero-order valence-electron chi connectivity index (χ0n) is 27.0. The van der Waals surface area contributed by atoms with Gasteiger partial charge in [-0.1, -0.05) is 72.8 Å². The van der Waals surface area contributed by atoms with E-state index >= 15 is 0 Å². The van der Waals surface area contributed by atoms with E-state index in [0.717, 1.165) is 73.0 Å². The third-order valence-corrected chi connectivity index (χ3v) is 9.56. The Morgan fingerprint density at radius 1 is 0.440 bits per heavy atom. The zero-order valence-corrected chi connectivity index (χ0v) is 27.0. The Hall–Kier alpha value is -6.99. The van der Waals surface area contributed by atoms with Crippen LogP contribution in [-0.2, 0) is 0 Å². The maximum Gasteiger partial charge on any atom is 0.220 e. The van der Waals surface area contributed by atoms with Crippen molar-refractivity contribution >= 4 is 78.1 Å². The van der Waals surface area contributed by atoms with Crippen LogP contribution in [-0.4, -0.2) is 18.5 Å². The number of nitrogen functional groups attached to an aromatic ring is 1. The highest BCUT2D eigenvalue weighted by atomic mass is 15.2. The molecule has 0 bridgehead atoms. The Balaban J connectivity index is 1.10.